The first-order chi connectivity index (χ1) is 18.1. The van der Waals surface area contributed by atoms with E-state index in [1.807, 2.05) is 6.92 Å². The van der Waals surface area contributed by atoms with Gasteiger partial charge in [-0.1, -0.05) is 23.8 Å². The van der Waals surface area contributed by atoms with E-state index < -0.39 is 26.0 Å². The molecule has 0 fully saturated rings. The topological polar surface area (TPSA) is 131 Å². The lowest BCUT2D eigenvalue weighted by molar-refractivity contribution is 0.102. The molecule has 1 amide bonds. The second-order valence-electron chi connectivity index (χ2n) is 8.31. The third-order valence-electron chi connectivity index (χ3n) is 5.47. The van der Waals surface area contributed by atoms with E-state index in [9.17, 15) is 21.6 Å². The first kappa shape index (κ1) is 26.7. The summed E-state index contributed by atoms with van der Waals surface area (Å²) >= 11 is 0. The zero-order chi connectivity index (χ0) is 27.3. The summed E-state index contributed by atoms with van der Waals surface area (Å²) in [7, 11) is -6.16. The average Bonchev–Trinajstić information content (AvgIpc) is 2.89. The van der Waals surface area contributed by atoms with Crippen molar-refractivity contribution in [3.05, 3.63) is 108 Å². The number of hydrogen-bond donors (Lipinski definition) is 3. The van der Waals surface area contributed by atoms with E-state index in [0.717, 1.165) is 5.56 Å². The smallest absolute Gasteiger partial charge is 0.261 e. The average molecular weight is 552 g/mol. The van der Waals surface area contributed by atoms with Crippen molar-refractivity contribution >= 4 is 43.0 Å². The lowest BCUT2D eigenvalue weighted by Crippen LogP contribution is -2.15. The molecule has 0 saturated heterocycles. The highest BCUT2D eigenvalue weighted by Gasteiger charge is 2.17. The fraction of sp³-hybridized carbons (Fsp3) is 0.0741. The van der Waals surface area contributed by atoms with Crippen LogP contribution < -0.4 is 19.5 Å². The van der Waals surface area contributed by atoms with E-state index in [1.54, 1.807) is 42.5 Å². The molecule has 9 nitrogen and oxygen atoms in total. The summed E-state index contributed by atoms with van der Waals surface area (Å²) in [6.07, 6.45) is 0. The Morgan fingerprint density at radius 1 is 0.658 bits per heavy atom. The van der Waals surface area contributed by atoms with Crippen molar-refractivity contribution in [3.63, 3.8) is 0 Å². The standard InChI is InChI=1S/C27H25N3O6S2/c1-19-6-14-25(15-7-19)38(34,35)30-23-5-3-4-20(18-23)27(31)28-21-10-16-26(17-11-21)37(32,33)29-22-8-12-24(36-2)13-9-22/h3-18,29-30H,1-2H3,(H,28,31). The number of amides is 1. The molecule has 0 heterocycles. The Kier molecular flexibility index (Phi) is 7.70. The van der Waals surface area contributed by atoms with Gasteiger partial charge in [0.2, 0.25) is 0 Å². The molecule has 3 N–H and O–H groups in total. The van der Waals surface area contributed by atoms with Crippen LogP contribution in [0.2, 0.25) is 0 Å². The number of rotatable bonds is 9. The van der Waals surface area contributed by atoms with Crippen LogP contribution in [0.5, 0.6) is 5.75 Å². The summed E-state index contributed by atoms with van der Waals surface area (Å²) in [5.74, 6) is 0.107. The molecule has 4 aromatic rings. The van der Waals surface area contributed by atoms with Crippen molar-refractivity contribution in [1.82, 2.24) is 0 Å². The Balaban J connectivity index is 1.43. The molecule has 0 aliphatic carbocycles. The van der Waals surface area contributed by atoms with Gasteiger partial charge in [-0.05, 0) is 85.8 Å². The quantitative estimate of drug-likeness (QED) is 0.272. The van der Waals surface area contributed by atoms with Crippen molar-refractivity contribution in [2.24, 2.45) is 0 Å². The molecule has 38 heavy (non-hydrogen) atoms. The molecule has 0 aliphatic heterocycles. The van der Waals surface area contributed by atoms with Crippen LogP contribution in [0.15, 0.2) is 107 Å². The maximum atomic E-state index is 12.8. The predicted octanol–water partition coefficient (Wildman–Crippen LogP) is 4.86. The minimum atomic E-state index is -3.85. The third kappa shape index (κ3) is 6.50. The molecule has 196 valence electrons. The van der Waals surface area contributed by atoms with E-state index in [0.29, 0.717) is 17.1 Å². The van der Waals surface area contributed by atoms with Crippen LogP contribution in [0.4, 0.5) is 17.1 Å². The third-order valence-corrected chi connectivity index (χ3v) is 8.27. The van der Waals surface area contributed by atoms with Crippen molar-refractivity contribution in [1.29, 1.82) is 0 Å². The number of benzene rings is 4. The number of ether oxygens (including phenoxy) is 1. The summed E-state index contributed by atoms with van der Waals surface area (Å²) in [6, 6.07) is 24.6. The van der Waals surface area contributed by atoms with Gasteiger partial charge in [-0.3, -0.25) is 14.2 Å². The van der Waals surface area contributed by atoms with Crippen LogP contribution >= 0.6 is 0 Å². The van der Waals surface area contributed by atoms with Crippen LogP contribution in [0.1, 0.15) is 15.9 Å². The highest BCUT2D eigenvalue weighted by molar-refractivity contribution is 7.93. The molecule has 0 atom stereocenters. The van der Waals surface area contributed by atoms with E-state index in [4.69, 9.17) is 4.74 Å². The molecule has 4 aromatic carbocycles. The monoisotopic (exact) mass is 551 g/mol. The molecule has 0 unspecified atom stereocenters. The lowest BCUT2D eigenvalue weighted by Gasteiger charge is -2.11. The SMILES string of the molecule is COc1ccc(NS(=O)(=O)c2ccc(NC(=O)c3cccc(NS(=O)(=O)c4ccc(C)cc4)c3)cc2)cc1. The lowest BCUT2D eigenvalue weighted by atomic mass is 10.2. The van der Waals surface area contributed by atoms with Crippen molar-refractivity contribution in [3.8, 4) is 5.75 Å². The summed E-state index contributed by atoms with van der Waals surface area (Å²) in [6.45, 7) is 1.86. The van der Waals surface area contributed by atoms with Gasteiger partial charge in [-0.2, -0.15) is 0 Å². The number of carbonyl (C=O) groups is 1. The number of methoxy groups -OCH3 is 1. The molecule has 0 radical (unpaired) electrons. The normalized spacial score (nSPS) is 11.4. The van der Waals surface area contributed by atoms with Gasteiger partial charge >= 0.3 is 0 Å². The van der Waals surface area contributed by atoms with Crippen LogP contribution in [-0.4, -0.2) is 29.9 Å². The van der Waals surface area contributed by atoms with Gasteiger partial charge in [0.1, 0.15) is 5.75 Å². The minimum Gasteiger partial charge on any atom is -0.497 e. The maximum Gasteiger partial charge on any atom is 0.261 e. The molecule has 0 saturated carbocycles. The number of carbonyl (C=O) groups excluding carboxylic acids is 1. The summed E-state index contributed by atoms with van der Waals surface area (Å²) in [4.78, 5) is 12.9. The zero-order valence-corrected chi connectivity index (χ0v) is 22.1. The predicted molar refractivity (Wildman–Crippen MR) is 147 cm³/mol. The molecule has 4 rings (SSSR count). The first-order valence-electron chi connectivity index (χ1n) is 11.3. The van der Waals surface area contributed by atoms with E-state index in [2.05, 4.69) is 14.8 Å². The zero-order valence-electron chi connectivity index (χ0n) is 20.5. The van der Waals surface area contributed by atoms with Gasteiger partial charge in [-0.25, -0.2) is 16.8 Å². The number of sulfonamides is 2. The van der Waals surface area contributed by atoms with Gasteiger partial charge < -0.3 is 10.1 Å². The Hall–Kier alpha value is -4.35. The molecule has 0 spiro atoms. The molecule has 0 aromatic heterocycles. The molecular weight excluding hydrogens is 526 g/mol. The molecule has 0 bridgehead atoms. The summed E-state index contributed by atoms with van der Waals surface area (Å²) < 4.78 is 60.8. The van der Waals surface area contributed by atoms with Crippen LogP contribution in [-0.2, 0) is 20.0 Å². The molecular formula is C27H25N3O6S2. The second kappa shape index (κ2) is 11.0. The van der Waals surface area contributed by atoms with Crippen molar-refractivity contribution in [2.45, 2.75) is 16.7 Å². The second-order valence-corrected chi connectivity index (χ2v) is 11.7. The Morgan fingerprint density at radius 3 is 1.76 bits per heavy atom. The van der Waals surface area contributed by atoms with Crippen LogP contribution in [0.3, 0.4) is 0 Å². The van der Waals surface area contributed by atoms with E-state index in [-0.39, 0.29) is 21.0 Å². The number of aryl methyl sites for hydroxylation is 1. The molecule has 11 heteroatoms. The number of hydrogen-bond acceptors (Lipinski definition) is 6. The van der Waals surface area contributed by atoms with Gasteiger partial charge in [-0.15, -0.1) is 0 Å². The van der Waals surface area contributed by atoms with E-state index in [1.165, 1.54) is 61.7 Å². The van der Waals surface area contributed by atoms with Crippen LogP contribution in [0.25, 0.3) is 0 Å². The van der Waals surface area contributed by atoms with E-state index >= 15 is 0 Å². The summed E-state index contributed by atoms with van der Waals surface area (Å²) in [5, 5.41) is 2.68. The van der Waals surface area contributed by atoms with Gasteiger partial charge in [0.25, 0.3) is 26.0 Å². The fourth-order valence-electron chi connectivity index (χ4n) is 3.45. The number of anilines is 3. The number of nitrogens with one attached hydrogen (secondary N) is 3. The van der Waals surface area contributed by atoms with Crippen molar-refractivity contribution < 1.29 is 26.4 Å². The van der Waals surface area contributed by atoms with Gasteiger partial charge in [0, 0.05) is 22.6 Å². The van der Waals surface area contributed by atoms with Gasteiger partial charge in [0.05, 0.1) is 16.9 Å². The maximum absolute atomic E-state index is 12.8. The van der Waals surface area contributed by atoms with Crippen molar-refractivity contribution in [2.75, 3.05) is 21.9 Å². The highest BCUT2D eigenvalue weighted by atomic mass is 32.2. The minimum absolute atomic E-state index is 0.0128. The Morgan fingerprint density at radius 2 is 1.18 bits per heavy atom. The Labute approximate surface area is 221 Å². The highest BCUT2D eigenvalue weighted by Crippen LogP contribution is 2.22. The fourth-order valence-corrected chi connectivity index (χ4v) is 5.56. The Bertz CT molecular complexity index is 1650. The van der Waals surface area contributed by atoms with Crippen LogP contribution in [0, 0.1) is 6.92 Å². The molecule has 0 aliphatic rings. The summed E-state index contributed by atoms with van der Waals surface area (Å²) in [5.41, 5.74) is 2.11. The first-order valence-corrected chi connectivity index (χ1v) is 14.3. The van der Waals surface area contributed by atoms with Gasteiger partial charge in [0.15, 0.2) is 0 Å². The largest absolute Gasteiger partial charge is 0.497 e.